The number of piperidine rings is 1. The summed E-state index contributed by atoms with van der Waals surface area (Å²) in [5, 5.41) is 27.0. The van der Waals surface area contributed by atoms with Gasteiger partial charge in [0.15, 0.2) is 11.3 Å². The number of aromatic nitrogens is 4. The van der Waals surface area contributed by atoms with E-state index in [0.29, 0.717) is 29.4 Å². The van der Waals surface area contributed by atoms with E-state index < -0.39 is 0 Å². The van der Waals surface area contributed by atoms with Crippen molar-refractivity contribution in [1.82, 2.24) is 24.9 Å². The van der Waals surface area contributed by atoms with Gasteiger partial charge in [-0.05, 0) is 50.9 Å². The van der Waals surface area contributed by atoms with Gasteiger partial charge in [0.25, 0.3) is 0 Å². The molecular formula is C20H24N6O. The zero-order valence-corrected chi connectivity index (χ0v) is 15.6. The van der Waals surface area contributed by atoms with Crippen LogP contribution in [0, 0.1) is 0 Å². The molecule has 0 amide bonds. The van der Waals surface area contributed by atoms with E-state index >= 15 is 0 Å². The molecule has 0 spiro atoms. The van der Waals surface area contributed by atoms with Gasteiger partial charge < -0.3 is 15.3 Å². The van der Waals surface area contributed by atoms with Crippen molar-refractivity contribution in [3.05, 3.63) is 30.3 Å². The number of fused-ring (bicyclic) bond motifs is 3. The van der Waals surface area contributed by atoms with Gasteiger partial charge in [0.2, 0.25) is 0 Å². The topological polar surface area (TPSA) is 79.1 Å². The standard InChI is InChI=1S/C20H24N6O/c1-21-20-19-17(11-16(22-23-19)15-5-3-4-6-18(15)27)26(24-20)14-9-12-7-8-13(10-14)25(12)2/h3-6,11-14,27H,7-10H2,1-2H3,(H,21,24). The summed E-state index contributed by atoms with van der Waals surface area (Å²) in [4.78, 5) is 2.54. The number of hydrogen-bond acceptors (Lipinski definition) is 6. The summed E-state index contributed by atoms with van der Waals surface area (Å²) in [6, 6.07) is 10.9. The highest BCUT2D eigenvalue weighted by Gasteiger charge is 2.40. The minimum atomic E-state index is 0.211. The van der Waals surface area contributed by atoms with Crippen molar-refractivity contribution in [2.75, 3.05) is 19.4 Å². The largest absolute Gasteiger partial charge is 0.507 e. The summed E-state index contributed by atoms with van der Waals surface area (Å²) in [5.41, 5.74) is 3.11. The molecule has 2 unspecified atom stereocenters. The van der Waals surface area contributed by atoms with Gasteiger partial charge in [-0.15, -0.1) is 10.2 Å². The number of para-hydroxylation sites is 1. The van der Waals surface area contributed by atoms with E-state index in [4.69, 9.17) is 5.10 Å². The van der Waals surface area contributed by atoms with Crippen LogP contribution in [0.1, 0.15) is 31.7 Å². The lowest BCUT2D eigenvalue weighted by Gasteiger charge is -2.36. The molecule has 7 nitrogen and oxygen atoms in total. The minimum Gasteiger partial charge on any atom is -0.507 e. The highest BCUT2D eigenvalue weighted by Crippen LogP contribution is 2.41. The summed E-state index contributed by atoms with van der Waals surface area (Å²) in [6.07, 6.45) is 4.78. The third kappa shape index (κ3) is 2.56. The Kier molecular flexibility index (Phi) is 3.79. The fourth-order valence-electron chi connectivity index (χ4n) is 4.79. The molecule has 2 saturated heterocycles. The maximum Gasteiger partial charge on any atom is 0.176 e. The van der Waals surface area contributed by atoms with E-state index in [1.54, 1.807) is 6.07 Å². The molecule has 1 aromatic carbocycles. The lowest BCUT2D eigenvalue weighted by molar-refractivity contribution is 0.134. The van der Waals surface area contributed by atoms with Gasteiger partial charge in [-0.1, -0.05) is 12.1 Å². The molecule has 5 rings (SSSR count). The third-order valence-corrected chi connectivity index (χ3v) is 6.29. The Balaban J connectivity index is 1.62. The Morgan fingerprint density at radius 2 is 1.81 bits per heavy atom. The first-order valence-corrected chi connectivity index (χ1v) is 9.59. The first kappa shape index (κ1) is 16.5. The van der Waals surface area contributed by atoms with Crippen molar-refractivity contribution < 1.29 is 5.11 Å². The third-order valence-electron chi connectivity index (χ3n) is 6.29. The molecule has 3 aromatic rings. The summed E-state index contributed by atoms with van der Waals surface area (Å²) in [5.74, 6) is 0.969. The second-order valence-corrected chi connectivity index (χ2v) is 7.70. The van der Waals surface area contributed by atoms with Crippen LogP contribution in [0.25, 0.3) is 22.3 Å². The molecule has 2 aliphatic rings. The van der Waals surface area contributed by atoms with Crippen LogP contribution in [0.4, 0.5) is 5.82 Å². The lowest BCUT2D eigenvalue weighted by atomic mass is 9.98. The van der Waals surface area contributed by atoms with Gasteiger partial charge in [0.1, 0.15) is 5.75 Å². The van der Waals surface area contributed by atoms with Gasteiger partial charge in [-0.2, -0.15) is 5.10 Å². The summed E-state index contributed by atoms with van der Waals surface area (Å²) >= 11 is 0. The number of hydrogen-bond donors (Lipinski definition) is 2. The number of phenolic OH excluding ortho intramolecular Hbond substituents is 1. The van der Waals surface area contributed by atoms with Crippen LogP contribution in [-0.4, -0.2) is 56.2 Å². The minimum absolute atomic E-state index is 0.211. The van der Waals surface area contributed by atoms with Gasteiger partial charge >= 0.3 is 0 Å². The van der Waals surface area contributed by atoms with Crippen LogP contribution in [0.5, 0.6) is 5.75 Å². The first-order chi connectivity index (χ1) is 13.2. The molecule has 4 heterocycles. The summed E-state index contributed by atoms with van der Waals surface area (Å²) < 4.78 is 2.14. The predicted octanol–water partition coefficient (Wildman–Crippen LogP) is 3.04. The average molecular weight is 364 g/mol. The van der Waals surface area contributed by atoms with Gasteiger partial charge in [0, 0.05) is 24.7 Å². The number of phenols is 1. The number of rotatable bonds is 3. The van der Waals surface area contributed by atoms with Gasteiger partial charge in [0.05, 0.1) is 17.3 Å². The van der Waals surface area contributed by atoms with E-state index in [9.17, 15) is 5.11 Å². The molecule has 7 heteroatoms. The van der Waals surface area contributed by atoms with E-state index in [1.807, 2.05) is 31.3 Å². The fraction of sp³-hybridized carbons (Fsp3) is 0.450. The van der Waals surface area contributed by atoms with Crippen molar-refractivity contribution in [3.63, 3.8) is 0 Å². The zero-order valence-electron chi connectivity index (χ0n) is 15.6. The molecule has 2 aliphatic heterocycles. The Labute approximate surface area is 158 Å². The average Bonchev–Trinajstić information content (AvgIpc) is 3.13. The zero-order chi connectivity index (χ0) is 18.5. The maximum atomic E-state index is 10.2. The molecule has 140 valence electrons. The van der Waals surface area contributed by atoms with Crippen LogP contribution < -0.4 is 5.32 Å². The van der Waals surface area contributed by atoms with E-state index in [2.05, 4.69) is 32.1 Å². The second kappa shape index (κ2) is 6.20. The van der Waals surface area contributed by atoms with E-state index in [1.165, 1.54) is 12.8 Å². The highest BCUT2D eigenvalue weighted by atomic mass is 16.3. The van der Waals surface area contributed by atoms with Crippen molar-refractivity contribution in [2.45, 2.75) is 43.8 Å². The molecule has 0 aliphatic carbocycles. The highest BCUT2D eigenvalue weighted by molar-refractivity contribution is 5.88. The van der Waals surface area contributed by atoms with Crippen LogP contribution >= 0.6 is 0 Å². The predicted molar refractivity (Wildman–Crippen MR) is 105 cm³/mol. The Bertz CT molecular complexity index is 985. The molecule has 0 radical (unpaired) electrons. The van der Waals surface area contributed by atoms with Crippen molar-refractivity contribution >= 4 is 16.9 Å². The van der Waals surface area contributed by atoms with Crippen molar-refractivity contribution in [3.8, 4) is 17.0 Å². The Morgan fingerprint density at radius 1 is 1.07 bits per heavy atom. The Morgan fingerprint density at radius 3 is 2.52 bits per heavy atom. The summed E-state index contributed by atoms with van der Waals surface area (Å²) in [6.45, 7) is 0. The summed E-state index contributed by atoms with van der Waals surface area (Å²) in [7, 11) is 4.11. The number of aromatic hydroxyl groups is 1. The van der Waals surface area contributed by atoms with Gasteiger partial charge in [-0.25, -0.2) is 0 Å². The van der Waals surface area contributed by atoms with Crippen molar-refractivity contribution in [1.29, 1.82) is 0 Å². The lowest BCUT2D eigenvalue weighted by Crippen LogP contribution is -2.40. The first-order valence-electron chi connectivity index (χ1n) is 9.59. The smallest absolute Gasteiger partial charge is 0.176 e. The SMILES string of the molecule is CNc1nn(C2CC3CCC(C2)N3C)c2cc(-c3ccccc3O)nnc12. The molecule has 2 atom stereocenters. The van der Waals surface area contributed by atoms with E-state index in [0.717, 1.165) is 29.7 Å². The number of nitrogens with one attached hydrogen (secondary N) is 1. The number of anilines is 1. The van der Waals surface area contributed by atoms with Crippen LogP contribution in [-0.2, 0) is 0 Å². The van der Waals surface area contributed by atoms with Crippen LogP contribution in [0.15, 0.2) is 30.3 Å². The number of benzene rings is 1. The van der Waals surface area contributed by atoms with Gasteiger partial charge in [-0.3, -0.25) is 4.68 Å². The molecular weight excluding hydrogens is 340 g/mol. The van der Waals surface area contributed by atoms with Crippen molar-refractivity contribution in [2.24, 2.45) is 0 Å². The molecule has 0 saturated carbocycles. The van der Waals surface area contributed by atoms with Crippen LogP contribution in [0.3, 0.4) is 0 Å². The molecule has 2 aromatic heterocycles. The number of nitrogens with zero attached hydrogens (tertiary/aromatic N) is 5. The maximum absolute atomic E-state index is 10.2. The molecule has 2 bridgehead atoms. The van der Waals surface area contributed by atoms with Crippen LogP contribution in [0.2, 0.25) is 0 Å². The molecule has 2 N–H and O–H groups in total. The quantitative estimate of drug-likeness (QED) is 0.744. The fourth-order valence-corrected chi connectivity index (χ4v) is 4.79. The Hall–Kier alpha value is -2.67. The normalized spacial score (nSPS) is 25.2. The molecule has 2 fully saturated rings. The second-order valence-electron chi connectivity index (χ2n) is 7.70. The monoisotopic (exact) mass is 364 g/mol. The van der Waals surface area contributed by atoms with E-state index in [-0.39, 0.29) is 5.75 Å². The molecule has 27 heavy (non-hydrogen) atoms.